The maximum absolute atomic E-state index is 10.4. The summed E-state index contributed by atoms with van der Waals surface area (Å²) in [5.74, 6) is 3.37. The molecular formula is C21H20N4O. The smallest absolute Gasteiger partial charge is 0.156 e. The van der Waals surface area contributed by atoms with Gasteiger partial charge in [-0.3, -0.25) is 0 Å². The van der Waals surface area contributed by atoms with Gasteiger partial charge in [-0.05, 0) is 37.5 Å². The number of benzene rings is 2. The van der Waals surface area contributed by atoms with Crippen LogP contribution < -0.4 is 11.1 Å². The second-order valence-electron chi connectivity index (χ2n) is 6.73. The highest BCUT2D eigenvalue weighted by Gasteiger charge is 2.23. The van der Waals surface area contributed by atoms with Crippen molar-refractivity contribution in [3.8, 4) is 29.4 Å². The lowest BCUT2D eigenvalue weighted by atomic mass is 10.0. The number of nitrogens with two attached hydrogens (primary N) is 1. The molecule has 0 unspecified atom stereocenters. The predicted molar refractivity (Wildman–Crippen MR) is 104 cm³/mol. The predicted octanol–water partition coefficient (Wildman–Crippen LogP) is 3.28. The fraction of sp³-hybridized carbons (Fsp3) is 0.238. The van der Waals surface area contributed by atoms with E-state index >= 15 is 0 Å². The summed E-state index contributed by atoms with van der Waals surface area (Å²) < 4.78 is 0. The first-order valence-corrected chi connectivity index (χ1v) is 8.73. The van der Waals surface area contributed by atoms with Crippen LogP contribution in [-0.2, 0) is 0 Å². The van der Waals surface area contributed by atoms with E-state index in [0.29, 0.717) is 22.9 Å². The molecule has 0 aliphatic heterocycles. The number of phenolic OH excluding ortho intramolecular Hbond substituents is 1. The van der Waals surface area contributed by atoms with Crippen LogP contribution in [0.1, 0.15) is 24.8 Å². The van der Waals surface area contributed by atoms with Gasteiger partial charge in [0.1, 0.15) is 11.4 Å². The van der Waals surface area contributed by atoms with Crippen molar-refractivity contribution in [2.45, 2.75) is 31.3 Å². The van der Waals surface area contributed by atoms with Gasteiger partial charge >= 0.3 is 0 Å². The average molecular weight is 344 g/mol. The van der Waals surface area contributed by atoms with Crippen LogP contribution in [0.2, 0.25) is 0 Å². The van der Waals surface area contributed by atoms with Gasteiger partial charge in [-0.1, -0.05) is 30.2 Å². The molecule has 4 rings (SSSR count). The highest BCUT2D eigenvalue weighted by Crippen LogP contribution is 2.35. The van der Waals surface area contributed by atoms with Crippen molar-refractivity contribution in [1.29, 1.82) is 0 Å². The molecule has 2 atom stereocenters. The monoisotopic (exact) mass is 344 g/mol. The summed E-state index contributed by atoms with van der Waals surface area (Å²) >= 11 is 0. The molecule has 1 aliphatic carbocycles. The first kappa shape index (κ1) is 16.4. The van der Waals surface area contributed by atoms with E-state index < -0.39 is 0 Å². The Morgan fingerprint density at radius 1 is 1.12 bits per heavy atom. The Kier molecular flexibility index (Phi) is 4.19. The number of nitrogens with zero attached hydrogens (tertiary/aromatic N) is 2. The number of rotatable bonds is 3. The second kappa shape index (κ2) is 6.66. The third-order valence-electron chi connectivity index (χ3n) is 4.92. The lowest BCUT2D eigenvalue weighted by Crippen LogP contribution is -2.21. The van der Waals surface area contributed by atoms with Gasteiger partial charge in [-0.15, -0.1) is 16.6 Å². The van der Waals surface area contributed by atoms with Crippen LogP contribution >= 0.6 is 0 Å². The molecule has 0 radical (unpaired) electrons. The van der Waals surface area contributed by atoms with E-state index in [1.165, 1.54) is 0 Å². The lowest BCUT2D eigenvalue weighted by molar-refractivity contribution is 0.477. The SMILES string of the molecule is C#Cc1ccc(-c2nnc(N[C@@H]3CC[C@@H](N)C3)c3ccccc23)c(O)c1. The normalized spacial score (nSPS) is 19.4. The third kappa shape index (κ3) is 2.96. The van der Waals surface area contributed by atoms with Gasteiger partial charge in [0.05, 0.1) is 0 Å². The fourth-order valence-corrected chi connectivity index (χ4v) is 3.57. The quantitative estimate of drug-likeness (QED) is 0.635. The van der Waals surface area contributed by atoms with Crippen molar-refractivity contribution in [2.24, 2.45) is 5.73 Å². The molecule has 0 spiro atoms. The van der Waals surface area contributed by atoms with Gasteiger partial charge in [-0.25, -0.2) is 0 Å². The van der Waals surface area contributed by atoms with Crippen LogP contribution in [0.3, 0.4) is 0 Å². The molecule has 4 N–H and O–H groups in total. The molecular weight excluding hydrogens is 324 g/mol. The van der Waals surface area contributed by atoms with Crippen molar-refractivity contribution in [2.75, 3.05) is 5.32 Å². The maximum Gasteiger partial charge on any atom is 0.156 e. The first-order valence-electron chi connectivity index (χ1n) is 8.73. The molecule has 5 heteroatoms. The highest BCUT2D eigenvalue weighted by atomic mass is 16.3. The summed E-state index contributed by atoms with van der Waals surface area (Å²) in [7, 11) is 0. The molecule has 0 saturated heterocycles. The van der Waals surface area contributed by atoms with Crippen LogP contribution in [0.25, 0.3) is 22.0 Å². The minimum Gasteiger partial charge on any atom is -0.507 e. The summed E-state index contributed by atoms with van der Waals surface area (Å²) in [5, 5.41) is 24.6. The van der Waals surface area contributed by atoms with Crippen molar-refractivity contribution in [1.82, 2.24) is 10.2 Å². The summed E-state index contributed by atoms with van der Waals surface area (Å²) in [6.45, 7) is 0. The Balaban J connectivity index is 1.78. The van der Waals surface area contributed by atoms with Crippen LogP contribution in [0.4, 0.5) is 5.82 Å². The molecule has 1 heterocycles. The second-order valence-corrected chi connectivity index (χ2v) is 6.73. The Morgan fingerprint density at radius 3 is 2.62 bits per heavy atom. The summed E-state index contributed by atoms with van der Waals surface area (Å²) in [6.07, 6.45) is 8.40. The van der Waals surface area contributed by atoms with E-state index in [-0.39, 0.29) is 11.8 Å². The molecule has 1 fully saturated rings. The van der Waals surface area contributed by atoms with Crippen molar-refractivity contribution in [3.05, 3.63) is 48.0 Å². The van der Waals surface area contributed by atoms with Gasteiger partial charge < -0.3 is 16.2 Å². The highest BCUT2D eigenvalue weighted by molar-refractivity contribution is 6.00. The molecule has 2 aromatic carbocycles. The lowest BCUT2D eigenvalue weighted by Gasteiger charge is -2.16. The fourth-order valence-electron chi connectivity index (χ4n) is 3.57. The Morgan fingerprint density at radius 2 is 1.92 bits per heavy atom. The number of aromatic nitrogens is 2. The third-order valence-corrected chi connectivity index (χ3v) is 4.92. The van der Waals surface area contributed by atoms with Crippen LogP contribution in [0, 0.1) is 12.3 Å². The molecule has 1 aliphatic rings. The van der Waals surface area contributed by atoms with E-state index in [4.69, 9.17) is 12.2 Å². The molecule has 1 saturated carbocycles. The van der Waals surface area contributed by atoms with E-state index in [1.807, 2.05) is 24.3 Å². The minimum atomic E-state index is 0.0994. The van der Waals surface area contributed by atoms with Gasteiger partial charge in [0, 0.05) is 34.0 Å². The largest absolute Gasteiger partial charge is 0.507 e. The molecule has 0 bridgehead atoms. The zero-order valence-corrected chi connectivity index (χ0v) is 14.3. The molecule has 3 aromatic rings. The number of anilines is 1. The van der Waals surface area contributed by atoms with E-state index in [2.05, 4.69) is 21.4 Å². The zero-order valence-electron chi connectivity index (χ0n) is 14.3. The maximum atomic E-state index is 10.4. The van der Waals surface area contributed by atoms with Gasteiger partial charge in [0.2, 0.25) is 0 Å². The number of phenols is 1. The minimum absolute atomic E-state index is 0.0994. The van der Waals surface area contributed by atoms with E-state index in [9.17, 15) is 5.11 Å². The first-order chi connectivity index (χ1) is 12.7. The summed E-state index contributed by atoms with van der Waals surface area (Å²) in [5.41, 5.74) is 7.89. The van der Waals surface area contributed by atoms with Gasteiger partial charge in [0.15, 0.2) is 5.82 Å². The molecule has 1 aromatic heterocycles. The zero-order chi connectivity index (χ0) is 18.1. The molecule has 130 valence electrons. The molecule has 5 nitrogen and oxygen atoms in total. The summed E-state index contributed by atoms with van der Waals surface area (Å²) in [6, 6.07) is 13.6. The number of aromatic hydroxyl groups is 1. The average Bonchev–Trinajstić information content (AvgIpc) is 3.07. The van der Waals surface area contributed by atoms with Gasteiger partial charge in [0.25, 0.3) is 0 Å². The van der Waals surface area contributed by atoms with E-state index in [0.717, 1.165) is 35.9 Å². The van der Waals surface area contributed by atoms with Crippen LogP contribution in [0.15, 0.2) is 42.5 Å². The standard InChI is InChI=1S/C21H20N4O/c1-2-13-7-10-18(19(26)11-13)20-16-5-3-4-6-17(16)21(25-24-20)23-15-9-8-14(22)12-15/h1,3-7,10-11,14-15,26H,8-9,12,22H2,(H,23,25)/t14-,15-/m1/s1. The van der Waals surface area contributed by atoms with E-state index in [1.54, 1.807) is 18.2 Å². The number of fused-ring (bicyclic) bond motifs is 1. The topological polar surface area (TPSA) is 84.1 Å². The molecule has 0 amide bonds. The Labute approximate surface area is 152 Å². The Bertz CT molecular complexity index is 1010. The van der Waals surface area contributed by atoms with Gasteiger partial charge in [-0.2, -0.15) is 0 Å². The number of nitrogens with one attached hydrogen (secondary N) is 1. The van der Waals surface area contributed by atoms with Crippen molar-refractivity contribution in [3.63, 3.8) is 0 Å². The van der Waals surface area contributed by atoms with Crippen LogP contribution in [0.5, 0.6) is 5.75 Å². The van der Waals surface area contributed by atoms with Crippen molar-refractivity contribution >= 4 is 16.6 Å². The molecule has 26 heavy (non-hydrogen) atoms. The number of hydrogen-bond donors (Lipinski definition) is 3. The number of terminal acetylenes is 1. The van der Waals surface area contributed by atoms with Crippen LogP contribution in [-0.4, -0.2) is 27.4 Å². The van der Waals surface area contributed by atoms with Crippen molar-refractivity contribution < 1.29 is 5.11 Å². The Hall–Kier alpha value is -3.10. The number of hydrogen-bond acceptors (Lipinski definition) is 5. The summed E-state index contributed by atoms with van der Waals surface area (Å²) in [4.78, 5) is 0.